The summed E-state index contributed by atoms with van der Waals surface area (Å²) in [7, 11) is 0. The molecule has 0 radical (unpaired) electrons. The highest BCUT2D eigenvalue weighted by Gasteiger charge is 2.14. The number of aromatic amines is 1. The maximum Gasteiger partial charge on any atom is 0.152 e. The van der Waals surface area contributed by atoms with Crippen molar-refractivity contribution in [2.45, 2.75) is 19.4 Å². The van der Waals surface area contributed by atoms with Gasteiger partial charge < -0.3 is 10.5 Å². The van der Waals surface area contributed by atoms with Gasteiger partial charge in [-0.1, -0.05) is 52.3 Å². The first-order chi connectivity index (χ1) is 12.7. The number of H-pyrrole nitrogens is 1. The number of fused-ring (bicyclic) bond motifs is 3. The van der Waals surface area contributed by atoms with E-state index < -0.39 is 0 Å². The number of anilines is 1. The van der Waals surface area contributed by atoms with Gasteiger partial charge in [-0.15, -0.1) is 0 Å². The lowest BCUT2D eigenvalue weighted by atomic mass is 10.1. The molecule has 0 unspecified atom stereocenters. The summed E-state index contributed by atoms with van der Waals surface area (Å²) in [6.07, 6.45) is 1.75. The molecule has 5 nitrogen and oxygen atoms in total. The van der Waals surface area contributed by atoms with E-state index in [0.29, 0.717) is 19.0 Å². The minimum absolute atomic E-state index is 0.452. The first kappa shape index (κ1) is 17.0. The molecule has 2 heterocycles. The van der Waals surface area contributed by atoms with Crippen LogP contribution in [0.15, 0.2) is 53.0 Å². The molecular weight excluding hydrogens is 392 g/mol. The number of hydrogen-bond donors (Lipinski definition) is 2. The second-order valence-electron chi connectivity index (χ2n) is 6.23. The number of hydrogen-bond acceptors (Lipinski definition) is 4. The molecule has 0 atom stereocenters. The molecule has 0 aliphatic rings. The van der Waals surface area contributed by atoms with E-state index in [0.717, 1.165) is 44.8 Å². The number of benzene rings is 2. The van der Waals surface area contributed by atoms with Crippen molar-refractivity contribution >= 4 is 43.6 Å². The van der Waals surface area contributed by atoms with E-state index in [4.69, 9.17) is 10.5 Å². The Hall–Kier alpha value is -2.44. The van der Waals surface area contributed by atoms with E-state index >= 15 is 0 Å². The van der Waals surface area contributed by atoms with Crippen LogP contribution in [0.3, 0.4) is 0 Å². The first-order valence-corrected chi connectivity index (χ1v) is 9.35. The Bertz CT molecular complexity index is 1050. The van der Waals surface area contributed by atoms with E-state index in [2.05, 4.69) is 49.3 Å². The summed E-state index contributed by atoms with van der Waals surface area (Å²) >= 11 is 3.49. The normalized spacial score (nSPS) is 11.4. The van der Waals surface area contributed by atoms with Crippen molar-refractivity contribution < 1.29 is 4.74 Å². The molecular formula is C20H19BrN4O. The number of aryl methyl sites for hydroxylation is 1. The highest BCUT2D eigenvalue weighted by molar-refractivity contribution is 9.10. The van der Waals surface area contributed by atoms with Crippen LogP contribution in [0.2, 0.25) is 0 Å². The van der Waals surface area contributed by atoms with Crippen LogP contribution in [-0.2, 0) is 17.8 Å². The van der Waals surface area contributed by atoms with Crippen molar-refractivity contribution in [3.63, 3.8) is 0 Å². The van der Waals surface area contributed by atoms with Gasteiger partial charge in [0.2, 0.25) is 0 Å². The molecule has 0 aliphatic carbocycles. The molecule has 0 aliphatic heterocycles. The molecule has 0 fully saturated rings. The molecule has 2 aromatic heterocycles. The van der Waals surface area contributed by atoms with Gasteiger partial charge in [0.1, 0.15) is 5.52 Å². The second kappa shape index (κ2) is 7.43. The van der Waals surface area contributed by atoms with Crippen LogP contribution >= 0.6 is 15.9 Å². The lowest BCUT2D eigenvalue weighted by molar-refractivity contribution is 0.118. The number of nitrogen functional groups attached to an aromatic ring is 1. The number of halogens is 1. The molecule has 4 aromatic rings. The zero-order chi connectivity index (χ0) is 17.9. The largest absolute Gasteiger partial charge is 0.382 e. The van der Waals surface area contributed by atoms with Gasteiger partial charge in [-0.25, -0.2) is 4.98 Å². The molecule has 0 saturated heterocycles. The molecule has 0 spiro atoms. The Morgan fingerprint density at radius 2 is 1.96 bits per heavy atom. The fourth-order valence-electron chi connectivity index (χ4n) is 3.14. The zero-order valence-corrected chi connectivity index (χ0v) is 15.8. The van der Waals surface area contributed by atoms with Gasteiger partial charge in [0.05, 0.1) is 12.1 Å². The fraction of sp³-hybridized carbons (Fsp3) is 0.200. The van der Waals surface area contributed by atoms with Crippen LogP contribution in [0, 0.1) is 0 Å². The Morgan fingerprint density at radius 1 is 1.12 bits per heavy atom. The number of nitrogens with zero attached hydrogens (tertiary/aromatic N) is 2. The third kappa shape index (κ3) is 3.43. The minimum atomic E-state index is 0.452. The quantitative estimate of drug-likeness (QED) is 0.455. The van der Waals surface area contributed by atoms with E-state index in [9.17, 15) is 0 Å². The number of ether oxygens (including phenoxy) is 1. The second-order valence-corrected chi connectivity index (χ2v) is 7.14. The van der Waals surface area contributed by atoms with E-state index in [1.165, 1.54) is 5.56 Å². The fourth-order valence-corrected chi connectivity index (χ4v) is 3.49. The van der Waals surface area contributed by atoms with Gasteiger partial charge in [-0.05, 0) is 30.5 Å². The Balaban J connectivity index is 1.49. The van der Waals surface area contributed by atoms with Gasteiger partial charge in [0.15, 0.2) is 5.82 Å². The topological polar surface area (TPSA) is 76.8 Å². The molecule has 4 rings (SSSR count). The maximum absolute atomic E-state index is 6.09. The van der Waals surface area contributed by atoms with E-state index in [1.54, 1.807) is 0 Å². The molecule has 132 valence electrons. The van der Waals surface area contributed by atoms with Gasteiger partial charge in [-0.3, -0.25) is 5.10 Å². The molecule has 3 N–H and O–H groups in total. The average Bonchev–Trinajstić information content (AvgIpc) is 3.07. The third-order valence-electron chi connectivity index (χ3n) is 4.38. The zero-order valence-electron chi connectivity index (χ0n) is 14.2. The van der Waals surface area contributed by atoms with E-state index in [1.807, 2.05) is 30.3 Å². The number of nitrogens with one attached hydrogen (secondary N) is 1. The van der Waals surface area contributed by atoms with Crippen LogP contribution in [0.25, 0.3) is 21.8 Å². The van der Waals surface area contributed by atoms with Gasteiger partial charge in [-0.2, -0.15) is 5.10 Å². The van der Waals surface area contributed by atoms with Gasteiger partial charge >= 0.3 is 0 Å². The van der Waals surface area contributed by atoms with Crippen molar-refractivity contribution in [3.05, 3.63) is 64.3 Å². The van der Waals surface area contributed by atoms with Crippen molar-refractivity contribution in [3.8, 4) is 0 Å². The molecule has 0 amide bonds. The number of pyridine rings is 1. The maximum atomic E-state index is 6.09. The molecule has 0 bridgehead atoms. The summed E-state index contributed by atoms with van der Waals surface area (Å²) in [5.41, 5.74) is 9.96. The lowest BCUT2D eigenvalue weighted by Gasteiger charge is -2.06. The average molecular weight is 411 g/mol. The summed E-state index contributed by atoms with van der Waals surface area (Å²) in [6, 6.07) is 16.2. The molecule has 6 heteroatoms. The van der Waals surface area contributed by atoms with Crippen molar-refractivity contribution in [1.29, 1.82) is 0 Å². The third-order valence-corrected chi connectivity index (χ3v) is 4.87. The predicted molar refractivity (Wildman–Crippen MR) is 108 cm³/mol. The Labute approximate surface area is 159 Å². The van der Waals surface area contributed by atoms with Crippen LogP contribution in [0.4, 0.5) is 5.82 Å². The Morgan fingerprint density at radius 3 is 2.81 bits per heavy atom. The van der Waals surface area contributed by atoms with Crippen molar-refractivity contribution in [2.24, 2.45) is 0 Å². The Kier molecular flexibility index (Phi) is 4.86. The van der Waals surface area contributed by atoms with Gasteiger partial charge in [0, 0.05) is 27.5 Å². The molecule has 0 saturated carbocycles. The van der Waals surface area contributed by atoms with Crippen LogP contribution in [-0.4, -0.2) is 21.8 Å². The van der Waals surface area contributed by atoms with Crippen molar-refractivity contribution in [2.75, 3.05) is 12.3 Å². The summed E-state index contributed by atoms with van der Waals surface area (Å²) < 4.78 is 6.76. The summed E-state index contributed by atoms with van der Waals surface area (Å²) in [4.78, 5) is 4.46. The summed E-state index contributed by atoms with van der Waals surface area (Å²) in [5, 5.41) is 9.62. The number of aromatic nitrogens is 3. The highest BCUT2D eigenvalue weighted by Crippen LogP contribution is 2.31. The molecule has 26 heavy (non-hydrogen) atoms. The molecule has 2 aromatic carbocycles. The number of rotatable bonds is 6. The minimum Gasteiger partial charge on any atom is -0.382 e. The smallest absolute Gasteiger partial charge is 0.152 e. The highest BCUT2D eigenvalue weighted by atomic mass is 79.9. The SMILES string of the molecule is Nc1nc2cc(Br)ccc2c2c(CCCOCc3ccccc3)[nH]nc12. The van der Waals surface area contributed by atoms with Gasteiger partial charge in [0.25, 0.3) is 0 Å². The van der Waals surface area contributed by atoms with Crippen LogP contribution < -0.4 is 5.73 Å². The van der Waals surface area contributed by atoms with Crippen molar-refractivity contribution in [1.82, 2.24) is 15.2 Å². The van der Waals surface area contributed by atoms with Crippen LogP contribution in [0.5, 0.6) is 0 Å². The monoisotopic (exact) mass is 410 g/mol. The first-order valence-electron chi connectivity index (χ1n) is 8.56. The summed E-state index contributed by atoms with van der Waals surface area (Å²) in [6.45, 7) is 1.33. The number of nitrogens with two attached hydrogens (primary N) is 1. The van der Waals surface area contributed by atoms with E-state index in [-0.39, 0.29) is 0 Å². The predicted octanol–water partition coefficient (Wildman–Crippen LogP) is 4.61. The lowest BCUT2D eigenvalue weighted by Crippen LogP contribution is -1.98. The van der Waals surface area contributed by atoms with Crippen LogP contribution in [0.1, 0.15) is 17.7 Å². The summed E-state index contributed by atoms with van der Waals surface area (Å²) in [5.74, 6) is 0.452. The standard InChI is InChI=1S/C20H19BrN4O/c21-14-8-9-15-17(11-14)23-20(22)19-18(15)16(24-25-19)7-4-10-26-12-13-5-2-1-3-6-13/h1-3,5-6,8-9,11H,4,7,10,12H2,(H2,22,23)(H,24,25).